The highest BCUT2D eigenvalue weighted by Crippen LogP contribution is 2.14. The lowest BCUT2D eigenvalue weighted by molar-refractivity contribution is -0.0477. The van der Waals surface area contributed by atoms with E-state index in [0.717, 1.165) is 16.7 Å². The van der Waals surface area contributed by atoms with Gasteiger partial charge in [0.1, 0.15) is 6.61 Å². The molecule has 0 aliphatic rings. The first-order valence-corrected chi connectivity index (χ1v) is 5.21. The van der Waals surface area contributed by atoms with Gasteiger partial charge in [0.2, 0.25) is 0 Å². The number of hydrogen-bond donors (Lipinski definition) is 2. The van der Waals surface area contributed by atoms with Crippen molar-refractivity contribution in [1.29, 1.82) is 0 Å². The lowest BCUT2D eigenvalue weighted by Crippen LogP contribution is -2.35. The van der Waals surface area contributed by atoms with E-state index in [1.54, 1.807) is 0 Å². The Kier molecular flexibility index (Phi) is 4.38. The second-order valence-electron chi connectivity index (χ2n) is 3.98. The molecule has 1 aromatic carbocycles. The number of aliphatic hydroxyl groups excluding tert-OH is 1. The van der Waals surface area contributed by atoms with Gasteiger partial charge in [-0.15, -0.1) is 0 Å². The van der Waals surface area contributed by atoms with E-state index < -0.39 is 19.1 Å². The number of halogens is 2. The summed E-state index contributed by atoms with van der Waals surface area (Å²) in [5.74, 6) is -3.04. The average Bonchev–Trinajstić information content (AvgIpc) is 2.24. The van der Waals surface area contributed by atoms with Gasteiger partial charge in [-0.1, -0.05) is 18.2 Å². The van der Waals surface area contributed by atoms with Crippen LogP contribution in [0.2, 0.25) is 0 Å². The third kappa shape index (κ3) is 3.54. The van der Waals surface area contributed by atoms with Gasteiger partial charge in [0, 0.05) is 6.54 Å². The smallest absolute Gasteiger partial charge is 0.282 e. The SMILES string of the molecule is Cc1cccc(CNCC(F)(F)CO)c1C. The van der Waals surface area contributed by atoms with Gasteiger partial charge in [0.15, 0.2) is 0 Å². The first-order chi connectivity index (χ1) is 7.46. The monoisotopic (exact) mass is 229 g/mol. The number of nitrogens with one attached hydrogen (secondary N) is 1. The Bertz CT molecular complexity index is 353. The third-order valence-corrected chi connectivity index (χ3v) is 2.65. The molecule has 0 bridgehead atoms. The summed E-state index contributed by atoms with van der Waals surface area (Å²) in [6, 6.07) is 5.80. The van der Waals surface area contributed by atoms with Gasteiger partial charge in [-0.05, 0) is 30.5 Å². The normalized spacial score (nSPS) is 11.8. The summed E-state index contributed by atoms with van der Waals surface area (Å²) in [4.78, 5) is 0. The van der Waals surface area contributed by atoms with E-state index in [4.69, 9.17) is 5.11 Å². The van der Waals surface area contributed by atoms with Gasteiger partial charge in [0.05, 0.1) is 6.54 Å². The van der Waals surface area contributed by atoms with Crippen molar-refractivity contribution in [3.8, 4) is 0 Å². The maximum Gasteiger partial charge on any atom is 0.282 e. The molecule has 0 amide bonds. The number of alkyl halides is 2. The van der Waals surface area contributed by atoms with E-state index in [1.807, 2.05) is 32.0 Å². The van der Waals surface area contributed by atoms with Crippen molar-refractivity contribution < 1.29 is 13.9 Å². The highest BCUT2D eigenvalue weighted by Gasteiger charge is 2.26. The van der Waals surface area contributed by atoms with Crippen LogP contribution < -0.4 is 5.32 Å². The van der Waals surface area contributed by atoms with Crippen molar-refractivity contribution in [2.75, 3.05) is 13.2 Å². The van der Waals surface area contributed by atoms with Gasteiger partial charge < -0.3 is 10.4 Å². The molecule has 16 heavy (non-hydrogen) atoms. The molecule has 2 N–H and O–H groups in total. The molecule has 0 radical (unpaired) electrons. The fraction of sp³-hybridized carbons (Fsp3) is 0.500. The Balaban J connectivity index is 2.53. The van der Waals surface area contributed by atoms with Crippen molar-refractivity contribution in [2.45, 2.75) is 26.3 Å². The maximum atomic E-state index is 12.7. The molecule has 2 nitrogen and oxygen atoms in total. The highest BCUT2D eigenvalue weighted by molar-refractivity contribution is 5.32. The largest absolute Gasteiger partial charge is 0.390 e. The van der Waals surface area contributed by atoms with Crippen molar-refractivity contribution in [1.82, 2.24) is 5.32 Å². The van der Waals surface area contributed by atoms with Crippen LogP contribution in [0.15, 0.2) is 18.2 Å². The fourth-order valence-corrected chi connectivity index (χ4v) is 1.44. The number of aryl methyl sites for hydroxylation is 1. The summed E-state index contributed by atoms with van der Waals surface area (Å²) in [7, 11) is 0. The van der Waals surface area contributed by atoms with Gasteiger partial charge in [0.25, 0.3) is 5.92 Å². The zero-order chi connectivity index (χ0) is 12.2. The Labute approximate surface area is 94.3 Å². The Morgan fingerprint density at radius 3 is 2.62 bits per heavy atom. The first kappa shape index (κ1) is 13.1. The molecule has 0 spiro atoms. The van der Waals surface area contributed by atoms with E-state index in [-0.39, 0.29) is 0 Å². The molecule has 0 aromatic heterocycles. The van der Waals surface area contributed by atoms with Gasteiger partial charge in [-0.3, -0.25) is 0 Å². The quantitative estimate of drug-likeness (QED) is 0.809. The number of benzene rings is 1. The van der Waals surface area contributed by atoms with Crippen LogP contribution in [0, 0.1) is 13.8 Å². The fourth-order valence-electron chi connectivity index (χ4n) is 1.44. The zero-order valence-corrected chi connectivity index (χ0v) is 9.56. The van der Waals surface area contributed by atoms with E-state index in [2.05, 4.69) is 5.32 Å². The Morgan fingerprint density at radius 2 is 2.00 bits per heavy atom. The summed E-state index contributed by atoms with van der Waals surface area (Å²) in [5.41, 5.74) is 3.27. The van der Waals surface area contributed by atoms with Crippen LogP contribution in [0.3, 0.4) is 0 Å². The van der Waals surface area contributed by atoms with Crippen molar-refractivity contribution in [3.05, 3.63) is 34.9 Å². The standard InChI is InChI=1S/C12H17F2NO/c1-9-4-3-5-11(10(9)2)6-15-7-12(13,14)8-16/h3-5,15-16H,6-8H2,1-2H3. The number of hydrogen-bond acceptors (Lipinski definition) is 2. The molecular formula is C12H17F2NO. The molecule has 0 aliphatic carbocycles. The highest BCUT2D eigenvalue weighted by atomic mass is 19.3. The minimum absolute atomic E-state index is 0.392. The summed E-state index contributed by atoms with van der Waals surface area (Å²) in [6.45, 7) is 2.73. The molecule has 0 heterocycles. The van der Waals surface area contributed by atoms with Crippen LogP contribution in [0.5, 0.6) is 0 Å². The zero-order valence-electron chi connectivity index (χ0n) is 9.56. The van der Waals surface area contributed by atoms with Crippen molar-refractivity contribution in [3.63, 3.8) is 0 Å². The molecular weight excluding hydrogens is 212 g/mol. The molecule has 0 atom stereocenters. The van der Waals surface area contributed by atoms with Crippen LogP contribution in [0.4, 0.5) is 8.78 Å². The minimum atomic E-state index is -3.04. The molecule has 90 valence electrons. The van der Waals surface area contributed by atoms with Crippen molar-refractivity contribution in [2.24, 2.45) is 0 Å². The van der Waals surface area contributed by atoms with Crippen molar-refractivity contribution >= 4 is 0 Å². The van der Waals surface area contributed by atoms with Crippen LogP contribution >= 0.6 is 0 Å². The van der Waals surface area contributed by atoms with Crippen LogP contribution in [-0.4, -0.2) is 24.2 Å². The number of aliphatic hydroxyl groups is 1. The number of rotatable bonds is 5. The molecule has 0 aliphatic heterocycles. The van der Waals surface area contributed by atoms with E-state index in [0.29, 0.717) is 6.54 Å². The molecule has 0 unspecified atom stereocenters. The van der Waals surface area contributed by atoms with Gasteiger partial charge >= 0.3 is 0 Å². The first-order valence-electron chi connectivity index (χ1n) is 5.21. The lowest BCUT2D eigenvalue weighted by Gasteiger charge is -2.15. The van der Waals surface area contributed by atoms with E-state index >= 15 is 0 Å². The molecule has 0 saturated heterocycles. The van der Waals surface area contributed by atoms with E-state index in [1.165, 1.54) is 0 Å². The molecule has 4 heteroatoms. The van der Waals surface area contributed by atoms with Crippen LogP contribution in [-0.2, 0) is 6.54 Å². The summed E-state index contributed by atoms with van der Waals surface area (Å²) < 4.78 is 25.4. The molecule has 1 rings (SSSR count). The van der Waals surface area contributed by atoms with Crippen LogP contribution in [0.25, 0.3) is 0 Å². The molecule has 0 saturated carbocycles. The Hall–Kier alpha value is -1.00. The van der Waals surface area contributed by atoms with Gasteiger partial charge in [-0.25, -0.2) is 8.78 Å². The summed E-state index contributed by atoms with van der Waals surface area (Å²) >= 11 is 0. The summed E-state index contributed by atoms with van der Waals surface area (Å²) in [5, 5.41) is 11.1. The average molecular weight is 229 g/mol. The van der Waals surface area contributed by atoms with Gasteiger partial charge in [-0.2, -0.15) is 0 Å². The second kappa shape index (κ2) is 5.37. The lowest BCUT2D eigenvalue weighted by atomic mass is 10.0. The molecule has 0 fully saturated rings. The summed E-state index contributed by atoms with van der Waals surface area (Å²) in [6.07, 6.45) is 0. The Morgan fingerprint density at radius 1 is 1.31 bits per heavy atom. The predicted octanol–water partition coefficient (Wildman–Crippen LogP) is 2.02. The molecule has 1 aromatic rings. The minimum Gasteiger partial charge on any atom is -0.390 e. The maximum absolute atomic E-state index is 12.7. The topological polar surface area (TPSA) is 32.3 Å². The van der Waals surface area contributed by atoms with Crippen LogP contribution in [0.1, 0.15) is 16.7 Å². The third-order valence-electron chi connectivity index (χ3n) is 2.65. The van der Waals surface area contributed by atoms with E-state index in [9.17, 15) is 8.78 Å². The second-order valence-corrected chi connectivity index (χ2v) is 3.98. The predicted molar refractivity (Wildman–Crippen MR) is 59.7 cm³/mol.